The minimum atomic E-state index is 0.624. The Bertz CT molecular complexity index is 725. The van der Waals surface area contributed by atoms with Gasteiger partial charge in [-0.25, -0.2) is 4.45 Å². The number of nitrogens with zero attached hydrogens (tertiary/aromatic N) is 2. The van der Waals surface area contributed by atoms with E-state index >= 15 is 0 Å². The topological polar surface area (TPSA) is 29.9 Å². The van der Waals surface area contributed by atoms with Crippen molar-refractivity contribution in [1.82, 2.24) is 9.55 Å². The van der Waals surface area contributed by atoms with Crippen LogP contribution in [0.1, 0.15) is 11.1 Å². The van der Waals surface area contributed by atoms with Gasteiger partial charge >= 0.3 is 0 Å². The van der Waals surface area contributed by atoms with Crippen LogP contribution in [0.5, 0.6) is 0 Å². The molecule has 1 N–H and O–H groups in total. The molecule has 102 valence electrons. The van der Waals surface area contributed by atoms with Gasteiger partial charge in [0.1, 0.15) is 0 Å². The van der Waals surface area contributed by atoms with Crippen molar-refractivity contribution in [2.24, 2.45) is 0 Å². The lowest BCUT2D eigenvalue weighted by Gasteiger charge is -2.11. The minimum absolute atomic E-state index is 0.624. The first-order valence-corrected chi connectivity index (χ1v) is 10.5. The van der Waals surface area contributed by atoms with E-state index in [9.17, 15) is 0 Å². The molecule has 5 heteroatoms. The maximum atomic E-state index is 4.45. The third-order valence-electron chi connectivity index (χ3n) is 3.35. The number of fused-ring (bicyclic) bond motifs is 1. The summed E-state index contributed by atoms with van der Waals surface area (Å²) in [5.41, 5.74) is 4.92. The second-order valence-electron chi connectivity index (χ2n) is 4.67. The number of aryl methyl sites for hydroxylation is 1. The van der Waals surface area contributed by atoms with E-state index in [1.54, 1.807) is 0 Å². The SMILES string of the molecule is Cc1ccc2c(cnn2PI)c1NCc1ccccc1. The highest BCUT2D eigenvalue weighted by molar-refractivity contribution is 14.2. The van der Waals surface area contributed by atoms with Crippen LogP contribution in [0.3, 0.4) is 0 Å². The van der Waals surface area contributed by atoms with Gasteiger partial charge in [0, 0.05) is 17.6 Å². The van der Waals surface area contributed by atoms with Crippen LogP contribution < -0.4 is 5.32 Å². The van der Waals surface area contributed by atoms with Crippen molar-refractivity contribution in [2.75, 3.05) is 5.32 Å². The Morgan fingerprint density at radius 1 is 1.20 bits per heavy atom. The predicted octanol–water partition coefficient (Wildman–Crippen LogP) is 4.75. The Morgan fingerprint density at radius 2 is 2.00 bits per heavy atom. The Kier molecular flexibility index (Phi) is 4.22. The molecule has 1 atom stereocenters. The molecule has 0 spiro atoms. The van der Waals surface area contributed by atoms with Crippen LogP contribution in [0.15, 0.2) is 48.7 Å². The molecular formula is C15H15IN3P. The second-order valence-corrected chi connectivity index (χ2v) is 6.71. The highest BCUT2D eigenvalue weighted by Gasteiger charge is 2.09. The number of anilines is 1. The lowest BCUT2D eigenvalue weighted by molar-refractivity contribution is 1.04. The smallest absolute Gasteiger partial charge is 0.0750 e. The summed E-state index contributed by atoms with van der Waals surface area (Å²) in [5, 5.41) is 9.21. The van der Waals surface area contributed by atoms with Gasteiger partial charge in [0.25, 0.3) is 0 Å². The van der Waals surface area contributed by atoms with E-state index in [4.69, 9.17) is 0 Å². The van der Waals surface area contributed by atoms with Crippen molar-refractivity contribution in [3.05, 3.63) is 59.8 Å². The van der Waals surface area contributed by atoms with Crippen molar-refractivity contribution in [1.29, 1.82) is 0 Å². The molecule has 1 aromatic heterocycles. The average molecular weight is 395 g/mol. The molecule has 3 rings (SSSR count). The summed E-state index contributed by atoms with van der Waals surface area (Å²) in [5.74, 6) is 0. The predicted molar refractivity (Wildman–Crippen MR) is 96.0 cm³/mol. The first kappa shape index (κ1) is 13.8. The molecule has 0 aliphatic carbocycles. The zero-order chi connectivity index (χ0) is 13.9. The van der Waals surface area contributed by atoms with Gasteiger partial charge in [-0.3, -0.25) is 0 Å². The Hall–Kier alpha value is -1.13. The average Bonchev–Trinajstić information content (AvgIpc) is 2.90. The van der Waals surface area contributed by atoms with Crippen LogP contribution in [0.2, 0.25) is 0 Å². The number of rotatable bonds is 4. The summed E-state index contributed by atoms with van der Waals surface area (Å²) in [6, 6.07) is 14.8. The summed E-state index contributed by atoms with van der Waals surface area (Å²) in [6.45, 7) is 2.97. The first-order chi connectivity index (χ1) is 9.79. The second kappa shape index (κ2) is 6.10. The molecule has 1 heterocycles. The molecular weight excluding hydrogens is 380 g/mol. The number of nitrogens with one attached hydrogen (secondary N) is 1. The molecule has 0 saturated carbocycles. The summed E-state index contributed by atoms with van der Waals surface area (Å²) < 4.78 is 2.04. The van der Waals surface area contributed by atoms with Gasteiger partial charge in [-0.2, -0.15) is 5.10 Å². The van der Waals surface area contributed by atoms with Gasteiger partial charge < -0.3 is 5.32 Å². The summed E-state index contributed by atoms with van der Waals surface area (Å²) in [4.78, 5) is 0. The molecule has 0 fully saturated rings. The van der Waals surface area contributed by atoms with Gasteiger partial charge in [-0.05, 0) is 46.2 Å². The van der Waals surface area contributed by atoms with Gasteiger partial charge in [0.15, 0.2) is 0 Å². The van der Waals surface area contributed by atoms with Crippen molar-refractivity contribution < 1.29 is 0 Å². The van der Waals surface area contributed by atoms with Crippen LogP contribution in [0.4, 0.5) is 5.69 Å². The number of hydrogen-bond donors (Lipinski definition) is 1. The standard InChI is InChI=1S/C15H15IN3P/c1-11-7-8-14-13(10-18-19(14)20-16)15(11)17-9-12-5-3-2-4-6-12/h2-8,10,17,20H,9H2,1H3. The lowest BCUT2D eigenvalue weighted by atomic mass is 10.1. The third-order valence-corrected chi connectivity index (χ3v) is 5.24. The fourth-order valence-electron chi connectivity index (χ4n) is 2.30. The maximum absolute atomic E-state index is 4.45. The summed E-state index contributed by atoms with van der Waals surface area (Å²) >= 11 is 2.36. The van der Waals surface area contributed by atoms with E-state index in [2.05, 4.69) is 75.8 Å². The van der Waals surface area contributed by atoms with Crippen molar-refractivity contribution in [3.63, 3.8) is 0 Å². The number of halogens is 1. The summed E-state index contributed by atoms with van der Waals surface area (Å²) in [7, 11) is 0. The molecule has 2 aromatic carbocycles. The van der Waals surface area contributed by atoms with E-state index in [1.165, 1.54) is 27.7 Å². The largest absolute Gasteiger partial charge is 0.380 e. The van der Waals surface area contributed by atoms with E-state index < -0.39 is 0 Å². The quantitative estimate of drug-likeness (QED) is 0.511. The maximum Gasteiger partial charge on any atom is 0.0750 e. The fraction of sp³-hybridized carbons (Fsp3) is 0.133. The molecule has 20 heavy (non-hydrogen) atoms. The molecule has 0 amide bonds. The van der Waals surface area contributed by atoms with Crippen LogP contribution in [0.25, 0.3) is 10.9 Å². The molecule has 1 unspecified atom stereocenters. The molecule has 0 saturated heterocycles. The Balaban J connectivity index is 1.94. The molecule has 3 nitrogen and oxygen atoms in total. The van der Waals surface area contributed by atoms with Crippen molar-refractivity contribution >= 4 is 45.0 Å². The zero-order valence-corrected chi connectivity index (χ0v) is 14.3. The molecule has 0 radical (unpaired) electrons. The molecule has 0 aliphatic rings. The number of aromatic nitrogens is 2. The number of hydrogen-bond acceptors (Lipinski definition) is 2. The van der Waals surface area contributed by atoms with Crippen molar-refractivity contribution in [3.8, 4) is 0 Å². The van der Waals surface area contributed by atoms with Gasteiger partial charge in [0.2, 0.25) is 0 Å². The van der Waals surface area contributed by atoms with E-state index in [0.29, 0.717) is 6.37 Å². The van der Waals surface area contributed by atoms with Crippen LogP contribution in [-0.4, -0.2) is 9.55 Å². The van der Waals surface area contributed by atoms with Crippen LogP contribution >= 0.6 is 28.4 Å². The zero-order valence-electron chi connectivity index (χ0n) is 11.1. The number of benzene rings is 2. The van der Waals surface area contributed by atoms with Gasteiger partial charge in [-0.15, -0.1) is 0 Å². The molecule has 3 aromatic rings. The van der Waals surface area contributed by atoms with E-state index in [1.807, 2.05) is 16.7 Å². The monoisotopic (exact) mass is 395 g/mol. The highest BCUT2D eigenvalue weighted by Crippen LogP contribution is 2.33. The van der Waals surface area contributed by atoms with Gasteiger partial charge in [-0.1, -0.05) is 36.4 Å². The van der Waals surface area contributed by atoms with E-state index in [0.717, 1.165) is 6.54 Å². The Labute approximate surface area is 133 Å². The third kappa shape index (κ3) is 2.67. The highest BCUT2D eigenvalue weighted by atomic mass is 127. The normalized spacial score (nSPS) is 11.5. The van der Waals surface area contributed by atoms with Crippen LogP contribution in [-0.2, 0) is 6.54 Å². The van der Waals surface area contributed by atoms with Gasteiger partial charge in [0.05, 0.1) is 18.1 Å². The van der Waals surface area contributed by atoms with Crippen LogP contribution in [0, 0.1) is 6.92 Å². The fourth-order valence-corrected chi connectivity index (χ4v) is 3.84. The van der Waals surface area contributed by atoms with Crippen molar-refractivity contribution in [2.45, 2.75) is 13.5 Å². The molecule has 0 aliphatic heterocycles. The first-order valence-electron chi connectivity index (χ1n) is 6.41. The van der Waals surface area contributed by atoms with E-state index in [-0.39, 0.29) is 0 Å². The Morgan fingerprint density at radius 3 is 2.75 bits per heavy atom. The molecule has 0 bridgehead atoms. The summed E-state index contributed by atoms with van der Waals surface area (Å²) in [6.07, 6.45) is 2.58. The lowest BCUT2D eigenvalue weighted by Crippen LogP contribution is -2.01. The minimum Gasteiger partial charge on any atom is -0.380 e.